The fourth-order valence-electron chi connectivity index (χ4n) is 10.5. The van der Waals surface area contributed by atoms with Crippen molar-refractivity contribution >= 4 is 5.97 Å². The monoisotopic (exact) mass is 512 g/mol. The van der Waals surface area contributed by atoms with Crippen LogP contribution in [-0.4, -0.2) is 30.6 Å². The van der Waals surface area contributed by atoms with Gasteiger partial charge in [-0.05, 0) is 91.8 Å². The van der Waals surface area contributed by atoms with Crippen molar-refractivity contribution in [3.8, 4) is 0 Å². The molecule has 0 amide bonds. The van der Waals surface area contributed by atoms with Crippen LogP contribution in [0.4, 0.5) is 0 Å². The fraction of sp³-hybridized carbons (Fsp3) is 0.909. The van der Waals surface area contributed by atoms with Crippen LogP contribution in [0.5, 0.6) is 0 Å². The van der Waals surface area contributed by atoms with Gasteiger partial charge in [-0.2, -0.15) is 0 Å². The van der Waals surface area contributed by atoms with Gasteiger partial charge >= 0.3 is 5.97 Å². The van der Waals surface area contributed by atoms with Crippen molar-refractivity contribution in [1.82, 2.24) is 0 Å². The Morgan fingerprint density at radius 3 is 2.68 bits per heavy atom. The summed E-state index contributed by atoms with van der Waals surface area (Å²) in [7, 11) is 0. The van der Waals surface area contributed by atoms with E-state index in [-0.39, 0.29) is 23.3 Å². The fourth-order valence-corrected chi connectivity index (χ4v) is 10.5. The normalized spacial score (nSPS) is 50.6. The summed E-state index contributed by atoms with van der Waals surface area (Å²) in [6.07, 6.45) is 17.4. The largest absolute Gasteiger partial charge is 0.462 e. The van der Waals surface area contributed by atoms with Crippen molar-refractivity contribution in [2.75, 3.05) is 6.61 Å². The average Bonchev–Trinajstić information content (AvgIpc) is 3.31. The second-order valence-corrected chi connectivity index (χ2v) is 14.6. The van der Waals surface area contributed by atoms with Gasteiger partial charge in [-0.15, -0.1) is 0 Å². The van der Waals surface area contributed by atoms with Gasteiger partial charge in [-0.1, -0.05) is 59.1 Å². The quantitative estimate of drug-likeness (QED) is 0.214. The third-order valence-corrected chi connectivity index (χ3v) is 12.6. The molecule has 6 rings (SSSR count). The van der Waals surface area contributed by atoms with Crippen molar-refractivity contribution in [2.24, 2.45) is 46.3 Å². The second kappa shape index (κ2) is 9.65. The van der Waals surface area contributed by atoms with Gasteiger partial charge in [-0.25, -0.2) is 0 Å². The Morgan fingerprint density at radius 1 is 1.08 bits per heavy atom. The van der Waals surface area contributed by atoms with E-state index in [1.165, 1.54) is 38.5 Å². The number of fused-ring (bicyclic) bond motifs is 7. The highest BCUT2D eigenvalue weighted by Crippen LogP contribution is 2.70. The van der Waals surface area contributed by atoms with E-state index in [1.54, 1.807) is 5.57 Å². The molecule has 7 unspecified atom stereocenters. The summed E-state index contributed by atoms with van der Waals surface area (Å²) in [5.41, 5.74) is 2.25. The van der Waals surface area contributed by atoms with Gasteiger partial charge in [-0.3, -0.25) is 4.79 Å². The van der Waals surface area contributed by atoms with Crippen LogP contribution in [0.3, 0.4) is 0 Å². The number of allylic oxidation sites excluding steroid dienone is 1. The summed E-state index contributed by atoms with van der Waals surface area (Å²) >= 11 is 0. The number of carbonyl (C=O) groups is 1. The van der Waals surface area contributed by atoms with Gasteiger partial charge in [0, 0.05) is 25.2 Å². The maximum absolute atomic E-state index is 12.4. The lowest BCUT2D eigenvalue weighted by Gasteiger charge is -2.58. The molecule has 4 aliphatic carbocycles. The number of rotatable bonds is 5. The van der Waals surface area contributed by atoms with Crippen LogP contribution in [-0.2, 0) is 19.0 Å². The first-order valence-electron chi connectivity index (χ1n) is 15.9. The Balaban J connectivity index is 1.15. The molecular weight excluding hydrogens is 460 g/mol. The lowest BCUT2D eigenvalue weighted by atomic mass is 9.47. The van der Waals surface area contributed by atoms with Gasteiger partial charge in [0.05, 0.1) is 12.7 Å². The van der Waals surface area contributed by atoms with Gasteiger partial charge in [0.15, 0.2) is 5.79 Å². The van der Waals surface area contributed by atoms with E-state index in [0.717, 1.165) is 62.9 Å². The third kappa shape index (κ3) is 4.17. The predicted molar refractivity (Wildman–Crippen MR) is 146 cm³/mol. The molecule has 0 aromatic rings. The molecule has 11 atom stereocenters. The van der Waals surface area contributed by atoms with Crippen molar-refractivity contribution < 1.29 is 19.0 Å². The molecule has 0 bridgehead atoms. The highest BCUT2D eigenvalue weighted by atomic mass is 16.7. The van der Waals surface area contributed by atoms with Gasteiger partial charge in [0.1, 0.15) is 6.10 Å². The average molecular weight is 513 g/mol. The van der Waals surface area contributed by atoms with Crippen molar-refractivity contribution in [3.63, 3.8) is 0 Å². The number of carbonyl (C=O) groups excluding carboxylic acids is 1. The SMILES string of the molecule is CCCCCC(=O)OC1CC[C@@]2(C)C(=CCC3C4CC5O[C@]6(CCC(C)CO6)[C@@H](C)C5[C@@]4(C)CCC32)C1. The lowest BCUT2D eigenvalue weighted by molar-refractivity contribution is -0.272. The lowest BCUT2D eigenvalue weighted by Crippen LogP contribution is -2.52. The second-order valence-electron chi connectivity index (χ2n) is 14.6. The molecule has 4 nitrogen and oxygen atoms in total. The predicted octanol–water partition coefficient (Wildman–Crippen LogP) is 7.85. The van der Waals surface area contributed by atoms with E-state index in [1.807, 2.05) is 0 Å². The zero-order valence-corrected chi connectivity index (χ0v) is 24.2. The van der Waals surface area contributed by atoms with Crippen molar-refractivity contribution in [1.29, 1.82) is 0 Å². The minimum atomic E-state index is -0.315. The first-order valence-corrected chi connectivity index (χ1v) is 15.9. The first-order chi connectivity index (χ1) is 17.7. The zero-order valence-electron chi connectivity index (χ0n) is 24.2. The summed E-state index contributed by atoms with van der Waals surface area (Å²) in [5, 5.41) is 0. The standard InChI is InChI=1S/C33H52O4/c1-6-7-8-9-29(34)36-24-13-15-31(4)23(18-24)10-11-25-26(31)14-16-32(5)27(25)19-28-30(32)22(3)33(37-28)17-12-21(2)20-35-33/h10,21-22,24-28,30H,6-9,11-20H2,1-5H3/t21?,22-,24?,25?,26?,27?,28?,30?,31-,32-,33+/m0/s1. The van der Waals surface area contributed by atoms with Gasteiger partial charge in [0.25, 0.3) is 0 Å². The van der Waals surface area contributed by atoms with Crippen LogP contribution in [0.1, 0.15) is 118 Å². The summed E-state index contributed by atoms with van der Waals surface area (Å²) in [5.74, 6) is 3.77. The van der Waals surface area contributed by atoms with E-state index < -0.39 is 0 Å². The number of unbranched alkanes of at least 4 members (excludes halogenated alkanes) is 2. The molecule has 0 N–H and O–H groups in total. The highest BCUT2D eigenvalue weighted by Gasteiger charge is 2.68. The summed E-state index contributed by atoms with van der Waals surface area (Å²) in [6.45, 7) is 13.0. The molecule has 37 heavy (non-hydrogen) atoms. The molecule has 0 aromatic heterocycles. The van der Waals surface area contributed by atoms with Crippen LogP contribution in [0.15, 0.2) is 11.6 Å². The molecule has 3 saturated carbocycles. The van der Waals surface area contributed by atoms with Crippen LogP contribution < -0.4 is 0 Å². The maximum atomic E-state index is 12.4. The van der Waals surface area contributed by atoms with E-state index in [4.69, 9.17) is 14.2 Å². The summed E-state index contributed by atoms with van der Waals surface area (Å²) < 4.78 is 19.4. The highest BCUT2D eigenvalue weighted by molar-refractivity contribution is 5.69. The molecule has 2 aliphatic heterocycles. The van der Waals surface area contributed by atoms with Crippen LogP contribution in [0.2, 0.25) is 0 Å². The van der Waals surface area contributed by atoms with Crippen molar-refractivity contribution in [2.45, 2.75) is 136 Å². The molecule has 208 valence electrons. The number of hydrogen-bond acceptors (Lipinski definition) is 4. The molecule has 0 aromatic carbocycles. The Morgan fingerprint density at radius 2 is 1.92 bits per heavy atom. The third-order valence-electron chi connectivity index (χ3n) is 12.6. The molecule has 2 saturated heterocycles. The topological polar surface area (TPSA) is 44.8 Å². The Kier molecular flexibility index (Phi) is 6.87. The Labute approximate surface area is 225 Å². The molecule has 0 radical (unpaired) electrons. The molecular formula is C33H52O4. The summed E-state index contributed by atoms with van der Waals surface area (Å²) in [4.78, 5) is 12.4. The van der Waals surface area contributed by atoms with E-state index >= 15 is 0 Å². The molecule has 6 aliphatic rings. The maximum Gasteiger partial charge on any atom is 0.306 e. The zero-order chi connectivity index (χ0) is 26.0. The van der Waals surface area contributed by atoms with Crippen LogP contribution >= 0.6 is 0 Å². The molecule has 4 heteroatoms. The minimum absolute atomic E-state index is 0.0190. The van der Waals surface area contributed by atoms with E-state index in [0.29, 0.717) is 35.7 Å². The van der Waals surface area contributed by atoms with Gasteiger partial charge in [0.2, 0.25) is 0 Å². The minimum Gasteiger partial charge on any atom is -0.462 e. The van der Waals surface area contributed by atoms with Crippen LogP contribution in [0, 0.1) is 46.3 Å². The van der Waals surface area contributed by atoms with E-state index in [9.17, 15) is 4.79 Å². The molecule has 2 heterocycles. The van der Waals surface area contributed by atoms with E-state index in [2.05, 4.69) is 40.7 Å². The van der Waals surface area contributed by atoms with Gasteiger partial charge < -0.3 is 14.2 Å². The molecule has 5 fully saturated rings. The first kappa shape index (κ1) is 26.4. The number of ether oxygens (including phenoxy) is 3. The molecule has 1 spiro atoms. The summed E-state index contributed by atoms with van der Waals surface area (Å²) in [6, 6.07) is 0. The Bertz CT molecular complexity index is 902. The van der Waals surface area contributed by atoms with Crippen LogP contribution in [0.25, 0.3) is 0 Å². The Hall–Kier alpha value is -0.870. The number of hydrogen-bond donors (Lipinski definition) is 0. The number of esters is 1. The van der Waals surface area contributed by atoms with Crippen molar-refractivity contribution in [3.05, 3.63) is 11.6 Å². The smallest absolute Gasteiger partial charge is 0.306 e.